The first kappa shape index (κ1) is 21.8. The molecule has 0 spiro atoms. The van der Waals surface area contributed by atoms with Crippen LogP contribution in [0.2, 0.25) is 0 Å². The molecule has 0 bridgehead atoms. The summed E-state index contributed by atoms with van der Waals surface area (Å²) in [5.74, 6) is -0.164. The molecule has 2 N–H and O–H groups in total. The second-order valence-electron chi connectivity index (χ2n) is 6.63. The van der Waals surface area contributed by atoms with E-state index in [1.807, 2.05) is 71.4 Å². The molecule has 0 radical (unpaired) electrons. The molecule has 0 aliphatic heterocycles. The standard InChI is InChI=1S/C24H17N3O2S3/c25-13-19-20(16-6-2-1-3-7-16)14-32-24(19)27-22(28)15-31-18-9-4-8-17(12-18)26-23(29)21-10-5-11-30-21/h1-12,14H,15H2,(H,26,29)(H,27,28). The number of carbonyl (C=O) groups is 2. The first-order valence-corrected chi connectivity index (χ1v) is 12.3. The lowest BCUT2D eigenvalue weighted by Gasteiger charge is -2.07. The van der Waals surface area contributed by atoms with Crippen LogP contribution < -0.4 is 10.6 Å². The normalized spacial score (nSPS) is 10.3. The average molecular weight is 476 g/mol. The van der Waals surface area contributed by atoms with Crippen LogP contribution in [-0.2, 0) is 4.79 Å². The molecule has 0 saturated carbocycles. The Kier molecular flexibility index (Phi) is 7.02. The lowest BCUT2D eigenvalue weighted by molar-refractivity contribution is -0.113. The Morgan fingerprint density at radius 2 is 1.81 bits per heavy atom. The summed E-state index contributed by atoms with van der Waals surface area (Å²) in [4.78, 5) is 26.2. The molecule has 0 fully saturated rings. The third-order valence-corrected chi connectivity index (χ3v) is 7.21. The van der Waals surface area contributed by atoms with Crippen molar-refractivity contribution in [1.29, 1.82) is 5.26 Å². The molecule has 0 aliphatic rings. The molecule has 8 heteroatoms. The Morgan fingerprint density at radius 1 is 0.969 bits per heavy atom. The van der Waals surface area contributed by atoms with Gasteiger partial charge < -0.3 is 10.6 Å². The van der Waals surface area contributed by atoms with E-state index in [9.17, 15) is 14.9 Å². The fourth-order valence-corrected chi connectivity index (χ4v) is 5.28. The number of nitrogens with zero attached hydrogens (tertiary/aromatic N) is 1. The monoisotopic (exact) mass is 475 g/mol. The minimum atomic E-state index is -0.194. The van der Waals surface area contributed by atoms with E-state index in [0.29, 0.717) is 21.1 Å². The van der Waals surface area contributed by atoms with Gasteiger partial charge in [-0.05, 0) is 35.2 Å². The summed E-state index contributed by atoms with van der Waals surface area (Å²) in [7, 11) is 0. The highest BCUT2D eigenvalue weighted by molar-refractivity contribution is 8.00. The van der Waals surface area contributed by atoms with Gasteiger partial charge in [-0.2, -0.15) is 5.26 Å². The third-order valence-electron chi connectivity index (χ3n) is 4.45. The van der Waals surface area contributed by atoms with Gasteiger partial charge in [0.15, 0.2) is 0 Å². The average Bonchev–Trinajstić information content (AvgIpc) is 3.49. The molecule has 0 saturated heterocycles. The predicted octanol–water partition coefficient (Wildman–Crippen LogP) is 6.33. The van der Waals surface area contributed by atoms with Crippen molar-refractivity contribution < 1.29 is 9.59 Å². The highest BCUT2D eigenvalue weighted by Gasteiger charge is 2.15. The van der Waals surface area contributed by atoms with Gasteiger partial charge in [0.05, 0.1) is 16.2 Å². The number of carbonyl (C=O) groups excluding carboxylic acids is 2. The summed E-state index contributed by atoms with van der Waals surface area (Å²) in [5.41, 5.74) is 2.90. The molecule has 4 aromatic rings. The van der Waals surface area contributed by atoms with Crippen LogP contribution in [0.3, 0.4) is 0 Å². The minimum absolute atomic E-state index is 0.157. The number of hydrogen-bond donors (Lipinski definition) is 2. The maximum atomic E-state index is 12.5. The number of nitriles is 1. The van der Waals surface area contributed by atoms with Crippen molar-refractivity contribution >= 4 is 56.9 Å². The number of benzene rings is 2. The molecular weight excluding hydrogens is 458 g/mol. The number of rotatable bonds is 7. The van der Waals surface area contributed by atoms with Crippen LogP contribution in [0.25, 0.3) is 11.1 Å². The van der Waals surface area contributed by atoms with E-state index < -0.39 is 0 Å². The zero-order valence-corrected chi connectivity index (χ0v) is 19.2. The van der Waals surface area contributed by atoms with E-state index in [-0.39, 0.29) is 17.6 Å². The van der Waals surface area contributed by atoms with Crippen LogP contribution in [0.5, 0.6) is 0 Å². The highest BCUT2D eigenvalue weighted by atomic mass is 32.2. The molecule has 5 nitrogen and oxygen atoms in total. The maximum absolute atomic E-state index is 12.5. The van der Waals surface area contributed by atoms with E-state index in [2.05, 4.69) is 16.7 Å². The van der Waals surface area contributed by atoms with E-state index in [0.717, 1.165) is 16.0 Å². The van der Waals surface area contributed by atoms with Gasteiger partial charge in [-0.15, -0.1) is 34.4 Å². The van der Waals surface area contributed by atoms with Crippen LogP contribution >= 0.6 is 34.4 Å². The lowest BCUT2D eigenvalue weighted by atomic mass is 10.1. The molecule has 4 rings (SSSR count). The molecule has 2 aromatic heterocycles. The molecule has 32 heavy (non-hydrogen) atoms. The number of amides is 2. The lowest BCUT2D eigenvalue weighted by Crippen LogP contribution is -2.14. The molecule has 0 atom stereocenters. The van der Waals surface area contributed by atoms with Crippen molar-refractivity contribution in [1.82, 2.24) is 0 Å². The quantitative estimate of drug-likeness (QED) is 0.306. The number of thiophene rings is 2. The Morgan fingerprint density at radius 3 is 2.56 bits per heavy atom. The Balaban J connectivity index is 1.37. The first-order chi connectivity index (χ1) is 15.6. The smallest absolute Gasteiger partial charge is 0.265 e. The number of thioether (sulfide) groups is 1. The zero-order chi connectivity index (χ0) is 22.3. The van der Waals surface area contributed by atoms with Gasteiger partial charge >= 0.3 is 0 Å². The Bertz CT molecular complexity index is 1280. The number of nitrogens with one attached hydrogen (secondary N) is 2. The van der Waals surface area contributed by atoms with E-state index in [1.54, 1.807) is 6.07 Å². The Hall–Kier alpha value is -3.38. The molecule has 0 unspecified atom stereocenters. The SMILES string of the molecule is N#Cc1c(-c2ccccc2)csc1NC(=O)CSc1cccc(NC(=O)c2cccs2)c1. The number of anilines is 2. The fourth-order valence-electron chi connectivity index (χ4n) is 2.97. The summed E-state index contributed by atoms with van der Waals surface area (Å²) >= 11 is 4.09. The topological polar surface area (TPSA) is 82.0 Å². The van der Waals surface area contributed by atoms with Crippen molar-refractivity contribution in [3.63, 3.8) is 0 Å². The second kappa shape index (κ2) is 10.3. The maximum Gasteiger partial charge on any atom is 0.265 e. The van der Waals surface area contributed by atoms with Crippen molar-refractivity contribution in [2.45, 2.75) is 4.90 Å². The van der Waals surface area contributed by atoms with Crippen molar-refractivity contribution in [3.8, 4) is 17.2 Å². The van der Waals surface area contributed by atoms with Crippen LogP contribution in [0.1, 0.15) is 15.2 Å². The van der Waals surface area contributed by atoms with Gasteiger partial charge in [0.25, 0.3) is 5.91 Å². The van der Waals surface area contributed by atoms with Crippen molar-refractivity contribution in [3.05, 3.63) is 87.9 Å². The fraction of sp³-hybridized carbons (Fsp3) is 0.0417. The third kappa shape index (κ3) is 5.26. The van der Waals surface area contributed by atoms with E-state index in [4.69, 9.17) is 0 Å². The summed E-state index contributed by atoms with van der Waals surface area (Å²) in [6, 6.07) is 22.8. The minimum Gasteiger partial charge on any atom is -0.321 e. The van der Waals surface area contributed by atoms with Gasteiger partial charge in [0.2, 0.25) is 5.91 Å². The molecule has 0 aliphatic carbocycles. The van der Waals surface area contributed by atoms with Crippen molar-refractivity contribution in [2.75, 3.05) is 16.4 Å². The van der Waals surface area contributed by atoms with E-state index in [1.165, 1.54) is 34.4 Å². The van der Waals surface area contributed by atoms with Crippen LogP contribution in [0.15, 0.2) is 82.4 Å². The summed E-state index contributed by atoms with van der Waals surface area (Å²) < 4.78 is 0. The molecule has 158 valence electrons. The molecule has 2 aromatic carbocycles. The second-order valence-corrected chi connectivity index (χ2v) is 9.50. The highest BCUT2D eigenvalue weighted by Crippen LogP contribution is 2.35. The zero-order valence-electron chi connectivity index (χ0n) is 16.7. The summed E-state index contributed by atoms with van der Waals surface area (Å²) in [5, 5.41) is 19.6. The first-order valence-electron chi connectivity index (χ1n) is 9.58. The molecule has 2 heterocycles. The van der Waals surface area contributed by atoms with Crippen molar-refractivity contribution in [2.24, 2.45) is 0 Å². The van der Waals surface area contributed by atoms with Crippen LogP contribution in [0.4, 0.5) is 10.7 Å². The van der Waals surface area contributed by atoms with E-state index >= 15 is 0 Å². The Labute approximate surface area is 197 Å². The summed E-state index contributed by atoms with van der Waals surface area (Å²) in [6.45, 7) is 0. The predicted molar refractivity (Wildman–Crippen MR) is 133 cm³/mol. The van der Waals surface area contributed by atoms with Gasteiger partial charge in [0.1, 0.15) is 11.1 Å². The van der Waals surface area contributed by atoms with Gasteiger partial charge in [-0.3, -0.25) is 9.59 Å². The van der Waals surface area contributed by atoms with Gasteiger partial charge in [-0.1, -0.05) is 42.5 Å². The largest absolute Gasteiger partial charge is 0.321 e. The van der Waals surface area contributed by atoms with Gasteiger partial charge in [-0.25, -0.2) is 0 Å². The van der Waals surface area contributed by atoms with Crippen LogP contribution in [0, 0.1) is 11.3 Å². The number of hydrogen-bond acceptors (Lipinski definition) is 6. The van der Waals surface area contributed by atoms with Gasteiger partial charge in [0, 0.05) is 21.5 Å². The molecular formula is C24H17N3O2S3. The van der Waals surface area contributed by atoms with Crippen LogP contribution in [-0.4, -0.2) is 17.6 Å². The molecule has 2 amide bonds. The summed E-state index contributed by atoms with van der Waals surface area (Å²) in [6.07, 6.45) is 0.